The van der Waals surface area contributed by atoms with E-state index in [4.69, 9.17) is 4.55 Å². The number of methoxy groups -OCH3 is 1. The van der Waals surface area contributed by atoms with Gasteiger partial charge in [0.25, 0.3) is 0 Å². The summed E-state index contributed by atoms with van der Waals surface area (Å²) < 4.78 is 24.7. The maximum Gasteiger partial charge on any atom is 0.231 e. The molecule has 0 saturated heterocycles. The summed E-state index contributed by atoms with van der Waals surface area (Å²) in [6.45, 7) is 0.853. The van der Waals surface area contributed by atoms with Crippen LogP contribution in [0, 0.1) is 0 Å². The Morgan fingerprint density at radius 2 is 2.50 bits per heavy atom. The average Bonchev–Trinajstić information content (AvgIpc) is 1.66. The summed E-state index contributed by atoms with van der Waals surface area (Å²) in [5.74, 6) is 0. The van der Waals surface area contributed by atoms with E-state index in [0.29, 0.717) is 13.2 Å². The standard InChI is InChI=1S/C3H9NO3S/c1-7-3-2-4-8(5)6/h4H,2-3H2,1H3,(H,5,6). The molecule has 0 spiro atoms. The van der Waals surface area contributed by atoms with Gasteiger partial charge >= 0.3 is 0 Å². The van der Waals surface area contributed by atoms with Crippen LogP contribution in [0.5, 0.6) is 0 Å². The Kier molecular flexibility index (Phi) is 5.19. The zero-order chi connectivity index (χ0) is 6.41. The van der Waals surface area contributed by atoms with Gasteiger partial charge in [-0.15, -0.1) is 0 Å². The Morgan fingerprint density at radius 1 is 1.88 bits per heavy atom. The Hall–Kier alpha value is 0.0300. The Bertz CT molecular complexity index is 76.9. The Labute approximate surface area is 50.6 Å². The molecule has 0 aliphatic rings. The Morgan fingerprint density at radius 3 is 2.88 bits per heavy atom. The normalized spacial score (nSPS) is 13.8. The second-order valence-corrected chi connectivity index (χ2v) is 1.92. The molecule has 0 amide bonds. The van der Waals surface area contributed by atoms with E-state index in [0.717, 1.165) is 0 Å². The molecule has 50 valence electrons. The molecule has 1 unspecified atom stereocenters. The minimum atomic E-state index is -1.90. The first-order chi connectivity index (χ1) is 3.77. The van der Waals surface area contributed by atoms with E-state index < -0.39 is 11.3 Å². The van der Waals surface area contributed by atoms with Crippen LogP contribution in [0.25, 0.3) is 0 Å². The molecule has 0 rings (SSSR count). The van der Waals surface area contributed by atoms with Crippen molar-refractivity contribution in [3.05, 3.63) is 0 Å². The lowest BCUT2D eigenvalue weighted by Crippen LogP contribution is -2.20. The highest BCUT2D eigenvalue weighted by atomic mass is 32.2. The lowest BCUT2D eigenvalue weighted by molar-refractivity contribution is 0.204. The van der Waals surface area contributed by atoms with E-state index in [-0.39, 0.29) is 0 Å². The minimum absolute atomic E-state index is 0.402. The van der Waals surface area contributed by atoms with Crippen molar-refractivity contribution in [3.8, 4) is 0 Å². The second-order valence-electron chi connectivity index (χ2n) is 1.14. The highest BCUT2D eigenvalue weighted by molar-refractivity contribution is 7.77. The number of ether oxygens (including phenoxy) is 1. The largest absolute Gasteiger partial charge is 0.383 e. The third kappa shape index (κ3) is 6.03. The van der Waals surface area contributed by atoms with Crippen LogP contribution in [0.15, 0.2) is 0 Å². The van der Waals surface area contributed by atoms with Crippen molar-refractivity contribution in [2.75, 3.05) is 20.3 Å². The molecular formula is C3H9NO3S. The van der Waals surface area contributed by atoms with E-state index in [1.807, 2.05) is 0 Å². The van der Waals surface area contributed by atoms with E-state index >= 15 is 0 Å². The van der Waals surface area contributed by atoms with Crippen molar-refractivity contribution >= 4 is 11.3 Å². The van der Waals surface area contributed by atoms with Crippen LogP contribution < -0.4 is 4.72 Å². The molecule has 0 aromatic carbocycles. The summed E-state index contributed by atoms with van der Waals surface area (Å²) >= 11 is -1.90. The lowest BCUT2D eigenvalue weighted by Gasteiger charge is -1.95. The predicted octanol–water partition coefficient (Wildman–Crippen LogP) is -0.641. The molecule has 1 atom stereocenters. The molecule has 0 heterocycles. The summed E-state index contributed by atoms with van der Waals surface area (Å²) in [7, 11) is 1.53. The molecule has 0 aliphatic carbocycles. The van der Waals surface area contributed by atoms with Crippen molar-refractivity contribution in [1.29, 1.82) is 0 Å². The van der Waals surface area contributed by atoms with Crippen molar-refractivity contribution in [1.82, 2.24) is 4.72 Å². The van der Waals surface area contributed by atoms with Gasteiger partial charge in [-0.25, -0.2) is 8.93 Å². The molecule has 8 heavy (non-hydrogen) atoms. The average molecular weight is 139 g/mol. The predicted molar refractivity (Wildman–Crippen MR) is 30.6 cm³/mol. The molecule has 0 aromatic rings. The minimum Gasteiger partial charge on any atom is -0.383 e. The van der Waals surface area contributed by atoms with Crippen LogP contribution in [0.3, 0.4) is 0 Å². The number of nitrogens with one attached hydrogen (secondary N) is 1. The van der Waals surface area contributed by atoms with Gasteiger partial charge in [0, 0.05) is 13.7 Å². The summed E-state index contributed by atoms with van der Waals surface area (Å²) in [5, 5.41) is 0. The second kappa shape index (κ2) is 5.17. The quantitative estimate of drug-likeness (QED) is 0.402. The van der Waals surface area contributed by atoms with Crippen LogP contribution >= 0.6 is 0 Å². The summed E-state index contributed by atoms with van der Waals surface area (Å²) in [6.07, 6.45) is 0. The highest BCUT2D eigenvalue weighted by Gasteiger charge is 1.87. The fourth-order valence-electron chi connectivity index (χ4n) is 0.231. The first-order valence-electron chi connectivity index (χ1n) is 2.10. The summed E-state index contributed by atoms with van der Waals surface area (Å²) in [5.41, 5.74) is 0. The van der Waals surface area contributed by atoms with Gasteiger partial charge in [0.05, 0.1) is 6.61 Å². The maximum absolute atomic E-state index is 9.82. The van der Waals surface area contributed by atoms with Crippen LogP contribution in [0.2, 0.25) is 0 Å². The molecule has 0 fully saturated rings. The summed E-state index contributed by atoms with van der Waals surface area (Å²) in [4.78, 5) is 0. The van der Waals surface area contributed by atoms with Crippen LogP contribution in [-0.2, 0) is 16.0 Å². The lowest BCUT2D eigenvalue weighted by atomic mass is 10.7. The fourth-order valence-corrected chi connectivity index (χ4v) is 0.489. The van der Waals surface area contributed by atoms with Gasteiger partial charge in [-0.3, -0.25) is 4.55 Å². The summed E-state index contributed by atoms with van der Waals surface area (Å²) in [6, 6.07) is 0. The molecule has 0 saturated carbocycles. The van der Waals surface area contributed by atoms with Gasteiger partial charge in [-0.05, 0) is 0 Å². The van der Waals surface area contributed by atoms with Crippen LogP contribution in [0.1, 0.15) is 0 Å². The van der Waals surface area contributed by atoms with Gasteiger partial charge in [-0.2, -0.15) is 0 Å². The van der Waals surface area contributed by atoms with Crippen molar-refractivity contribution in [3.63, 3.8) is 0 Å². The zero-order valence-corrected chi connectivity index (χ0v) is 5.40. The molecule has 0 bridgehead atoms. The molecule has 0 radical (unpaired) electrons. The van der Waals surface area contributed by atoms with E-state index in [1.54, 1.807) is 0 Å². The van der Waals surface area contributed by atoms with E-state index in [2.05, 4.69) is 9.46 Å². The third-order valence-corrected chi connectivity index (χ3v) is 0.983. The van der Waals surface area contributed by atoms with E-state index in [1.165, 1.54) is 7.11 Å². The topological polar surface area (TPSA) is 58.6 Å². The van der Waals surface area contributed by atoms with Crippen molar-refractivity contribution < 1.29 is 13.5 Å². The van der Waals surface area contributed by atoms with Crippen molar-refractivity contribution in [2.45, 2.75) is 0 Å². The molecule has 4 nitrogen and oxygen atoms in total. The first kappa shape index (κ1) is 8.03. The smallest absolute Gasteiger partial charge is 0.231 e. The van der Waals surface area contributed by atoms with E-state index in [9.17, 15) is 4.21 Å². The van der Waals surface area contributed by atoms with Crippen LogP contribution in [0.4, 0.5) is 0 Å². The SMILES string of the molecule is COCCNS(=O)O. The molecule has 5 heteroatoms. The van der Waals surface area contributed by atoms with Gasteiger partial charge in [0.2, 0.25) is 11.3 Å². The zero-order valence-electron chi connectivity index (χ0n) is 4.59. The van der Waals surface area contributed by atoms with Crippen molar-refractivity contribution in [2.24, 2.45) is 0 Å². The van der Waals surface area contributed by atoms with Crippen LogP contribution in [-0.4, -0.2) is 29.0 Å². The Balaban J connectivity index is 2.82. The molecular weight excluding hydrogens is 130 g/mol. The third-order valence-electron chi connectivity index (χ3n) is 0.532. The number of rotatable bonds is 4. The van der Waals surface area contributed by atoms with Gasteiger partial charge in [-0.1, -0.05) is 0 Å². The first-order valence-corrected chi connectivity index (χ1v) is 3.21. The molecule has 2 N–H and O–H groups in total. The van der Waals surface area contributed by atoms with Gasteiger partial charge in [0.15, 0.2) is 0 Å². The fraction of sp³-hybridized carbons (Fsp3) is 1.00. The highest BCUT2D eigenvalue weighted by Crippen LogP contribution is 1.64. The molecule has 0 aromatic heterocycles. The maximum atomic E-state index is 9.82. The number of hydrogen-bond acceptors (Lipinski definition) is 2. The van der Waals surface area contributed by atoms with Gasteiger partial charge in [0.1, 0.15) is 0 Å². The molecule has 0 aliphatic heterocycles. The number of hydrogen-bond donors (Lipinski definition) is 2. The monoisotopic (exact) mass is 139 g/mol. The van der Waals surface area contributed by atoms with Gasteiger partial charge < -0.3 is 4.74 Å².